The molecule has 2 aliphatic heterocycles. The van der Waals surface area contributed by atoms with Gasteiger partial charge in [0.1, 0.15) is 0 Å². The number of aliphatic hydroxyl groups is 1. The van der Waals surface area contributed by atoms with Gasteiger partial charge in [-0.1, -0.05) is 13.8 Å². The highest BCUT2D eigenvalue weighted by molar-refractivity contribution is 5.49. The van der Waals surface area contributed by atoms with Crippen molar-refractivity contribution in [1.29, 1.82) is 0 Å². The molecule has 1 N–H and O–H groups in total. The van der Waals surface area contributed by atoms with E-state index in [1.165, 1.54) is 25.2 Å². The summed E-state index contributed by atoms with van der Waals surface area (Å²) in [5.74, 6) is 0.727. The molecule has 0 radical (unpaired) electrons. The zero-order valence-electron chi connectivity index (χ0n) is 19.2. The molecule has 0 amide bonds. The van der Waals surface area contributed by atoms with Gasteiger partial charge in [-0.3, -0.25) is 4.90 Å². The molecule has 3 unspecified atom stereocenters. The number of ether oxygens (including phenoxy) is 2. The van der Waals surface area contributed by atoms with E-state index >= 15 is 0 Å². The van der Waals surface area contributed by atoms with E-state index in [9.17, 15) is 5.11 Å². The first-order valence-electron chi connectivity index (χ1n) is 10.6. The van der Waals surface area contributed by atoms with Gasteiger partial charge in [-0.25, -0.2) is 0 Å². The molecule has 1 fully saturated rings. The quantitative estimate of drug-likeness (QED) is 0.924. The first-order chi connectivity index (χ1) is 12.9. The Balaban J connectivity index is 2.21. The molecule has 3 atom stereocenters. The van der Waals surface area contributed by atoms with Crippen LogP contribution in [0.3, 0.4) is 0 Å². The minimum Gasteiger partial charge on any atom is -0.493 e. The molecule has 0 aromatic heterocycles. The number of benzene rings is 1. The Morgan fingerprint density at radius 2 is 2.04 bits per heavy atom. The van der Waals surface area contributed by atoms with E-state index in [1.807, 2.05) is 13.8 Å². The molecule has 128 valence electrons. The lowest BCUT2D eigenvalue weighted by atomic mass is 9.79. The molecule has 1 aromatic rings. The summed E-state index contributed by atoms with van der Waals surface area (Å²) < 4.78 is 54.2. The maximum atomic E-state index is 10.8. The van der Waals surface area contributed by atoms with Crippen molar-refractivity contribution < 1.29 is 21.4 Å². The van der Waals surface area contributed by atoms with Crippen LogP contribution in [0, 0.1) is 11.8 Å². The van der Waals surface area contributed by atoms with Gasteiger partial charge < -0.3 is 14.6 Å². The molecule has 3 rings (SSSR count). The molecule has 4 nitrogen and oxygen atoms in total. The zero-order chi connectivity index (χ0) is 21.1. The van der Waals surface area contributed by atoms with Gasteiger partial charge in [-0.2, -0.15) is 0 Å². The van der Waals surface area contributed by atoms with E-state index in [1.54, 1.807) is 6.07 Å². The number of nitrogens with zero attached hydrogens (tertiary/aromatic N) is 1. The lowest BCUT2D eigenvalue weighted by Gasteiger charge is -2.46. The lowest BCUT2D eigenvalue weighted by molar-refractivity contribution is -0.0191. The lowest BCUT2D eigenvalue weighted by Crippen LogP contribution is -2.48. The van der Waals surface area contributed by atoms with Gasteiger partial charge in [-0.15, -0.1) is 0 Å². The maximum absolute atomic E-state index is 10.8. The van der Waals surface area contributed by atoms with E-state index in [0.29, 0.717) is 23.7 Å². The molecule has 1 aromatic carbocycles. The Labute approximate surface area is 146 Å². The summed E-state index contributed by atoms with van der Waals surface area (Å²) in [5.41, 5.74) is 0.378. The smallest absolute Gasteiger partial charge is 0.161 e. The van der Waals surface area contributed by atoms with E-state index in [-0.39, 0.29) is 30.2 Å². The Hall–Kier alpha value is -1.26. The summed E-state index contributed by atoms with van der Waals surface area (Å²) in [4.78, 5) is 1.29. The number of aryl methyl sites for hydroxylation is 1. The van der Waals surface area contributed by atoms with Crippen LogP contribution in [-0.2, 0) is 6.37 Å². The van der Waals surface area contributed by atoms with Crippen molar-refractivity contribution >= 4 is 0 Å². The van der Waals surface area contributed by atoms with Gasteiger partial charge in [-0.05, 0) is 54.3 Å². The number of methoxy groups -OCH3 is 2. The Morgan fingerprint density at radius 1 is 1.35 bits per heavy atom. The molecule has 0 spiro atoms. The van der Waals surface area contributed by atoms with Gasteiger partial charge in [0.2, 0.25) is 0 Å². The number of rotatable bonds is 4. The van der Waals surface area contributed by atoms with Gasteiger partial charge in [0.25, 0.3) is 0 Å². The molecular weight excluding hydrogens is 290 g/mol. The second-order valence-electron chi connectivity index (χ2n) is 6.71. The van der Waals surface area contributed by atoms with Gasteiger partial charge in [0.15, 0.2) is 11.5 Å². The molecule has 0 aliphatic carbocycles. The van der Waals surface area contributed by atoms with Crippen molar-refractivity contribution in [2.75, 3.05) is 27.3 Å². The summed E-state index contributed by atoms with van der Waals surface area (Å²) in [7, 11) is 2.89. The summed E-state index contributed by atoms with van der Waals surface area (Å²) in [5, 5.41) is 10.8. The van der Waals surface area contributed by atoms with E-state index in [4.69, 9.17) is 16.3 Å². The van der Waals surface area contributed by atoms with Gasteiger partial charge >= 0.3 is 0 Å². The zero-order valence-corrected chi connectivity index (χ0v) is 14.2. The predicted molar refractivity (Wildman–Crippen MR) is 91.1 cm³/mol. The standard InChI is InChI=1S/C19H29NO3/c1-12(2)7-14-11-20-6-5-13-8-18(22-3)19(23-4)9-15(13)16(20)10-17(14)21/h8-9,12,14,16-17,21H,5-7,10-11H2,1-4H3/i5D2,6D2,16D. The van der Waals surface area contributed by atoms with Crippen molar-refractivity contribution in [3.63, 3.8) is 0 Å². The third-order valence-corrected chi connectivity index (χ3v) is 4.62. The minimum atomic E-state index is -2.42. The minimum absolute atomic E-state index is 0.00244. The van der Waals surface area contributed by atoms with E-state index in [0.717, 1.165) is 0 Å². The third-order valence-electron chi connectivity index (χ3n) is 4.62. The highest BCUT2D eigenvalue weighted by atomic mass is 16.5. The largest absolute Gasteiger partial charge is 0.493 e. The first kappa shape index (κ1) is 11.3. The van der Waals surface area contributed by atoms with Gasteiger partial charge in [0.05, 0.1) is 21.7 Å². The van der Waals surface area contributed by atoms with Crippen LogP contribution >= 0.6 is 0 Å². The number of piperidine rings is 1. The van der Waals surface area contributed by atoms with Crippen molar-refractivity contribution in [2.24, 2.45) is 11.8 Å². The van der Waals surface area contributed by atoms with Crippen molar-refractivity contribution in [3.05, 3.63) is 23.3 Å². The van der Waals surface area contributed by atoms with Crippen LogP contribution in [-0.4, -0.2) is 43.4 Å². The van der Waals surface area contributed by atoms with Crippen LogP contribution in [0.1, 0.15) is 50.7 Å². The molecule has 23 heavy (non-hydrogen) atoms. The van der Waals surface area contributed by atoms with E-state index in [2.05, 4.69) is 0 Å². The average molecular weight is 324 g/mol. The van der Waals surface area contributed by atoms with Crippen molar-refractivity contribution in [2.45, 2.75) is 45.2 Å². The molecule has 0 saturated carbocycles. The molecule has 0 bridgehead atoms. The molecule has 4 heteroatoms. The normalized spacial score (nSPS) is 38.3. The highest BCUT2D eigenvalue weighted by Crippen LogP contribution is 2.43. The summed E-state index contributed by atoms with van der Waals surface area (Å²) >= 11 is 0. The SMILES string of the molecule is [2H]C12CC(O)C(CC(C)C)CN1C([2H])([2H])C([2H])([2H])c1cc(OC)c(OC)cc12. The van der Waals surface area contributed by atoms with Gasteiger partial charge in [0, 0.05) is 24.5 Å². The fraction of sp³-hybridized carbons (Fsp3) is 0.684. The number of hydrogen-bond acceptors (Lipinski definition) is 4. The monoisotopic (exact) mass is 324 g/mol. The molecular formula is C19H29NO3. The van der Waals surface area contributed by atoms with E-state index < -0.39 is 25.0 Å². The second-order valence-corrected chi connectivity index (χ2v) is 6.71. The molecule has 1 saturated heterocycles. The third kappa shape index (κ3) is 3.20. The Bertz CT molecular complexity index is 757. The van der Waals surface area contributed by atoms with Crippen LogP contribution < -0.4 is 9.47 Å². The fourth-order valence-corrected chi connectivity index (χ4v) is 3.50. The fourth-order valence-electron chi connectivity index (χ4n) is 3.50. The summed E-state index contributed by atoms with van der Waals surface area (Å²) in [6.07, 6.45) is -2.44. The first-order valence-corrected chi connectivity index (χ1v) is 8.13. The van der Waals surface area contributed by atoms with Crippen molar-refractivity contribution in [1.82, 2.24) is 4.90 Å². The van der Waals surface area contributed by atoms with Crippen LogP contribution in [0.15, 0.2) is 12.1 Å². The maximum Gasteiger partial charge on any atom is 0.161 e. The number of fused-ring (bicyclic) bond motifs is 3. The number of aliphatic hydroxyl groups excluding tert-OH is 1. The van der Waals surface area contributed by atoms with Crippen LogP contribution in [0.2, 0.25) is 0 Å². The average Bonchev–Trinajstić information content (AvgIpc) is 2.61. The highest BCUT2D eigenvalue weighted by Gasteiger charge is 2.38. The topological polar surface area (TPSA) is 41.9 Å². The van der Waals surface area contributed by atoms with Crippen molar-refractivity contribution in [3.8, 4) is 11.5 Å². The summed E-state index contributed by atoms with van der Waals surface area (Å²) in [6.45, 7) is 1.76. The van der Waals surface area contributed by atoms with Crippen LogP contribution in [0.4, 0.5) is 0 Å². The Kier molecular flexibility index (Phi) is 3.30. The predicted octanol–water partition coefficient (Wildman–Crippen LogP) is 3.03. The Morgan fingerprint density at radius 3 is 2.70 bits per heavy atom. The number of hydrogen-bond donors (Lipinski definition) is 1. The molecule has 2 aliphatic rings. The van der Waals surface area contributed by atoms with Crippen LogP contribution in [0.5, 0.6) is 11.5 Å². The summed E-state index contributed by atoms with van der Waals surface area (Å²) in [6, 6.07) is 1.37. The van der Waals surface area contributed by atoms with Crippen LogP contribution in [0.25, 0.3) is 0 Å². The molecule has 2 heterocycles. The second kappa shape index (κ2) is 6.70.